The van der Waals surface area contributed by atoms with E-state index in [1.165, 1.54) is 4.90 Å². The zero-order chi connectivity index (χ0) is 29.3. The molecule has 7 atom stereocenters. The minimum Gasteiger partial charge on any atom is -0.455 e. The molecule has 4 aliphatic rings. The maximum absolute atomic E-state index is 14.3. The van der Waals surface area contributed by atoms with Gasteiger partial charge in [-0.15, -0.1) is 0 Å². The molecule has 1 aromatic rings. The van der Waals surface area contributed by atoms with Crippen molar-refractivity contribution >= 4 is 23.7 Å². The van der Waals surface area contributed by atoms with Crippen LogP contribution in [0.4, 0.5) is 0 Å². The Morgan fingerprint density at radius 1 is 1.10 bits per heavy atom. The number of carbonyl (C=O) groups excluding carboxylic acids is 4. The summed E-state index contributed by atoms with van der Waals surface area (Å²) in [6.07, 6.45) is 6.85. The largest absolute Gasteiger partial charge is 0.455 e. The van der Waals surface area contributed by atoms with Gasteiger partial charge in [-0.3, -0.25) is 19.2 Å². The number of amides is 3. The molecule has 0 aromatic heterocycles. The molecule has 2 fully saturated rings. The number of likely N-dealkylation sites (tertiary alicyclic amines) is 1. The first-order valence-electron chi connectivity index (χ1n) is 14.5. The fourth-order valence-electron chi connectivity index (χ4n) is 6.61. The average molecular weight is 566 g/mol. The highest BCUT2D eigenvalue weighted by Crippen LogP contribution is 2.56. The number of allylic oxidation sites excluding steroid dienone is 1. The van der Waals surface area contributed by atoms with E-state index in [2.05, 4.69) is 5.32 Å². The molecule has 4 aliphatic heterocycles. The Labute approximate surface area is 240 Å². The van der Waals surface area contributed by atoms with Crippen molar-refractivity contribution in [2.75, 3.05) is 19.7 Å². The summed E-state index contributed by atoms with van der Waals surface area (Å²) in [6, 6.07) is 7.27. The standard InChI is InChI=1S/C31H39N3O7/c1-4-21(18-35)34-27-29(38)33(19(2)3)16-10-6-9-13-24(36)32-17-23(20-11-7-5-8-12-20)40-30(39)25-22-14-15-31(27,41-22)26(25)28(34)37/h5-8,10-12,14-15,19,21-23,25-27,35H,4,9,13,16-18H2,1-3H3,(H,32,36)/b10-6-/t21-,22+,23+,25-,26-,27+,31-/m0/s1. The number of aliphatic hydroxyl groups excluding tert-OH is 1. The van der Waals surface area contributed by atoms with Gasteiger partial charge in [0.1, 0.15) is 23.7 Å². The third-order valence-electron chi connectivity index (χ3n) is 8.72. The topological polar surface area (TPSA) is 125 Å². The van der Waals surface area contributed by atoms with Crippen molar-refractivity contribution in [2.24, 2.45) is 11.8 Å². The third-order valence-corrected chi connectivity index (χ3v) is 8.72. The highest BCUT2D eigenvalue weighted by Gasteiger charge is 2.74. The first kappa shape index (κ1) is 29.0. The Kier molecular flexibility index (Phi) is 8.33. The average Bonchev–Trinajstić information content (AvgIpc) is 3.61. The van der Waals surface area contributed by atoms with Crippen molar-refractivity contribution in [2.45, 2.75) is 76.0 Å². The molecule has 2 saturated heterocycles. The Morgan fingerprint density at radius 3 is 2.54 bits per heavy atom. The van der Waals surface area contributed by atoms with Crippen LogP contribution in [0.3, 0.4) is 0 Å². The van der Waals surface area contributed by atoms with E-state index >= 15 is 0 Å². The molecule has 0 radical (unpaired) electrons. The van der Waals surface area contributed by atoms with Crippen molar-refractivity contribution in [1.29, 1.82) is 0 Å². The van der Waals surface area contributed by atoms with E-state index in [9.17, 15) is 24.3 Å². The highest BCUT2D eigenvalue weighted by atomic mass is 16.6. The molecule has 4 heterocycles. The van der Waals surface area contributed by atoms with Crippen LogP contribution in [0.2, 0.25) is 0 Å². The summed E-state index contributed by atoms with van der Waals surface area (Å²) < 4.78 is 12.5. The van der Waals surface area contributed by atoms with Crippen molar-refractivity contribution < 1.29 is 33.8 Å². The Morgan fingerprint density at radius 2 is 1.85 bits per heavy atom. The van der Waals surface area contributed by atoms with Crippen LogP contribution in [0.15, 0.2) is 54.6 Å². The Hall–Kier alpha value is -3.50. The highest BCUT2D eigenvalue weighted by molar-refractivity contribution is 5.99. The van der Waals surface area contributed by atoms with Crippen LogP contribution in [0.5, 0.6) is 0 Å². The summed E-state index contributed by atoms with van der Waals surface area (Å²) in [5.41, 5.74) is -0.647. The van der Waals surface area contributed by atoms with Gasteiger partial charge in [0.15, 0.2) is 0 Å². The van der Waals surface area contributed by atoms with E-state index in [4.69, 9.17) is 9.47 Å². The van der Waals surface area contributed by atoms with E-state index in [1.807, 2.05) is 63.3 Å². The molecule has 2 N–H and O–H groups in total. The minimum absolute atomic E-state index is 0.0763. The SMILES string of the molecule is CC[C@@H](CO)N1C(=O)[C@@H]2[C@H]3C(=O)O[C@@H](c4ccccc4)CNC(=O)CC/C=C\CN(C(C)C)C(=O)[C@@H]1[C@]21C=C[C@H]3O1. The second-order valence-electron chi connectivity index (χ2n) is 11.4. The summed E-state index contributed by atoms with van der Waals surface area (Å²) in [5, 5.41) is 13.1. The monoisotopic (exact) mass is 565 g/mol. The molecule has 5 rings (SSSR count). The van der Waals surface area contributed by atoms with Crippen LogP contribution in [-0.2, 0) is 28.7 Å². The molecule has 0 unspecified atom stereocenters. The van der Waals surface area contributed by atoms with Crippen molar-refractivity contribution in [3.63, 3.8) is 0 Å². The quantitative estimate of drug-likeness (QED) is 0.413. The van der Waals surface area contributed by atoms with Gasteiger partial charge < -0.3 is 29.7 Å². The number of hydrogen-bond acceptors (Lipinski definition) is 7. The molecule has 1 aromatic carbocycles. The summed E-state index contributed by atoms with van der Waals surface area (Å²) in [5.74, 6) is -3.48. The number of ether oxygens (including phenoxy) is 2. The zero-order valence-corrected chi connectivity index (χ0v) is 23.8. The molecule has 0 aliphatic carbocycles. The van der Waals surface area contributed by atoms with Crippen molar-refractivity contribution in [3.8, 4) is 0 Å². The third kappa shape index (κ3) is 5.08. The lowest BCUT2D eigenvalue weighted by molar-refractivity contribution is -0.160. The number of rotatable bonds is 5. The summed E-state index contributed by atoms with van der Waals surface area (Å²) in [7, 11) is 0. The number of nitrogens with one attached hydrogen (secondary N) is 1. The van der Waals surface area contributed by atoms with Gasteiger partial charge in [0.25, 0.3) is 0 Å². The second-order valence-corrected chi connectivity index (χ2v) is 11.4. The molecule has 41 heavy (non-hydrogen) atoms. The van der Waals surface area contributed by atoms with Crippen LogP contribution < -0.4 is 5.32 Å². The van der Waals surface area contributed by atoms with Gasteiger partial charge in [-0.1, -0.05) is 61.6 Å². The van der Waals surface area contributed by atoms with Gasteiger partial charge in [-0.2, -0.15) is 0 Å². The van der Waals surface area contributed by atoms with Crippen LogP contribution in [0.1, 0.15) is 51.7 Å². The summed E-state index contributed by atoms with van der Waals surface area (Å²) in [6.45, 7) is 5.67. The molecule has 5 bridgehead atoms. The van der Waals surface area contributed by atoms with E-state index in [-0.39, 0.29) is 44.0 Å². The lowest BCUT2D eigenvalue weighted by Crippen LogP contribution is -2.59. The molecule has 10 nitrogen and oxygen atoms in total. The van der Waals surface area contributed by atoms with Crippen LogP contribution in [0, 0.1) is 11.8 Å². The van der Waals surface area contributed by atoms with Gasteiger partial charge in [0, 0.05) is 19.0 Å². The Bertz CT molecular complexity index is 1230. The number of nitrogens with zero attached hydrogens (tertiary/aromatic N) is 2. The number of hydrogen-bond donors (Lipinski definition) is 2. The summed E-state index contributed by atoms with van der Waals surface area (Å²) >= 11 is 0. The van der Waals surface area contributed by atoms with Gasteiger partial charge >= 0.3 is 5.97 Å². The van der Waals surface area contributed by atoms with Gasteiger partial charge in [-0.25, -0.2) is 0 Å². The predicted octanol–water partition coefficient (Wildman–Crippen LogP) is 1.90. The first-order valence-corrected chi connectivity index (χ1v) is 14.5. The smallest absolute Gasteiger partial charge is 0.313 e. The molecule has 0 saturated carbocycles. The number of fused-ring (bicyclic) bond motifs is 2. The number of esters is 1. The fourth-order valence-corrected chi connectivity index (χ4v) is 6.61. The molecule has 10 heteroatoms. The van der Waals surface area contributed by atoms with Crippen molar-refractivity contribution in [1.82, 2.24) is 15.1 Å². The normalized spacial score (nSPS) is 33.6. The number of cyclic esters (lactones) is 1. The molecular weight excluding hydrogens is 526 g/mol. The predicted molar refractivity (Wildman–Crippen MR) is 149 cm³/mol. The van der Waals surface area contributed by atoms with E-state index < -0.39 is 53.6 Å². The maximum atomic E-state index is 14.3. The number of aliphatic hydroxyl groups is 1. The zero-order valence-electron chi connectivity index (χ0n) is 23.8. The van der Waals surface area contributed by atoms with Crippen LogP contribution >= 0.6 is 0 Å². The van der Waals surface area contributed by atoms with E-state index in [0.717, 1.165) is 0 Å². The van der Waals surface area contributed by atoms with E-state index in [0.29, 0.717) is 18.4 Å². The number of benzene rings is 1. The minimum atomic E-state index is -1.35. The van der Waals surface area contributed by atoms with Crippen LogP contribution in [-0.4, -0.2) is 88.1 Å². The van der Waals surface area contributed by atoms with Gasteiger partial charge in [0.05, 0.1) is 31.2 Å². The van der Waals surface area contributed by atoms with Crippen LogP contribution in [0.25, 0.3) is 0 Å². The summed E-state index contributed by atoms with van der Waals surface area (Å²) in [4.78, 5) is 58.2. The van der Waals surface area contributed by atoms with E-state index in [1.54, 1.807) is 17.1 Å². The lowest BCUT2D eigenvalue weighted by Gasteiger charge is -2.39. The first-order chi connectivity index (χ1) is 19.7. The lowest BCUT2D eigenvalue weighted by atomic mass is 9.74. The van der Waals surface area contributed by atoms with Gasteiger partial charge in [0.2, 0.25) is 17.7 Å². The second kappa shape index (κ2) is 11.8. The van der Waals surface area contributed by atoms with Gasteiger partial charge in [-0.05, 0) is 32.3 Å². The molecule has 1 spiro atoms. The molecule has 220 valence electrons. The molecule has 3 amide bonds. The maximum Gasteiger partial charge on any atom is 0.313 e. The number of carbonyl (C=O) groups is 4. The molecular formula is C31H39N3O7. The fraction of sp³-hybridized carbons (Fsp3) is 0.548. The van der Waals surface area contributed by atoms with Crippen molar-refractivity contribution in [3.05, 3.63) is 60.2 Å². The Balaban J connectivity index is 1.58.